The van der Waals surface area contributed by atoms with Crippen LogP contribution >= 0.6 is 0 Å². The van der Waals surface area contributed by atoms with Crippen LogP contribution in [0.25, 0.3) is 0 Å². The van der Waals surface area contributed by atoms with E-state index in [1.54, 1.807) is 13.8 Å². The molecular weight excluding hydrogens is 337 g/mol. The molecule has 0 saturated carbocycles. The Kier molecular flexibility index (Phi) is 4.61. The number of ether oxygens (including phenoxy) is 1. The van der Waals surface area contributed by atoms with Gasteiger partial charge in [0.25, 0.3) is 5.91 Å². The smallest absolute Gasteiger partial charge is 0.291 e. The van der Waals surface area contributed by atoms with Crippen molar-refractivity contribution in [1.82, 2.24) is 0 Å². The van der Waals surface area contributed by atoms with E-state index in [-0.39, 0.29) is 22.7 Å². The fourth-order valence-corrected chi connectivity index (χ4v) is 3.35. The van der Waals surface area contributed by atoms with E-state index < -0.39 is 11.7 Å². The zero-order valence-corrected chi connectivity index (χ0v) is 15.4. The number of fused-ring (bicyclic) bond motifs is 1. The largest absolute Gasteiger partial charge is 0.492 e. The summed E-state index contributed by atoms with van der Waals surface area (Å²) in [4.78, 5) is 25.1. The Morgan fingerprint density at radius 2 is 2.08 bits per heavy atom. The highest BCUT2D eigenvalue weighted by atomic mass is 19.1. The van der Waals surface area contributed by atoms with E-state index in [2.05, 4.69) is 5.32 Å². The maximum absolute atomic E-state index is 13.4. The van der Waals surface area contributed by atoms with E-state index in [0.717, 1.165) is 0 Å². The summed E-state index contributed by atoms with van der Waals surface area (Å²) >= 11 is 0. The van der Waals surface area contributed by atoms with E-state index in [4.69, 9.17) is 9.15 Å². The number of anilines is 1. The summed E-state index contributed by atoms with van der Waals surface area (Å²) in [6, 6.07) is 3.89. The van der Waals surface area contributed by atoms with Crippen LogP contribution in [0.1, 0.15) is 59.4 Å². The highest BCUT2D eigenvalue weighted by Crippen LogP contribution is 2.38. The predicted octanol–water partition coefficient (Wildman–Crippen LogP) is 4.53. The molecule has 1 amide bonds. The number of amides is 1. The molecule has 3 rings (SSSR count). The maximum Gasteiger partial charge on any atom is 0.291 e. The minimum atomic E-state index is -0.491. The Labute approximate surface area is 151 Å². The summed E-state index contributed by atoms with van der Waals surface area (Å²) in [5.74, 6) is -0.0507. The van der Waals surface area contributed by atoms with Gasteiger partial charge < -0.3 is 14.5 Å². The van der Waals surface area contributed by atoms with Crippen LogP contribution in [0.4, 0.5) is 10.1 Å². The second-order valence-electron chi connectivity index (χ2n) is 7.32. The summed E-state index contributed by atoms with van der Waals surface area (Å²) in [7, 11) is 0. The first-order valence-electron chi connectivity index (χ1n) is 8.61. The number of hydrogen-bond acceptors (Lipinski definition) is 4. The van der Waals surface area contributed by atoms with E-state index in [9.17, 15) is 14.0 Å². The van der Waals surface area contributed by atoms with Gasteiger partial charge in [0, 0.05) is 24.5 Å². The van der Waals surface area contributed by atoms with Crippen molar-refractivity contribution in [1.29, 1.82) is 0 Å². The van der Waals surface area contributed by atoms with Crippen LogP contribution in [0.3, 0.4) is 0 Å². The van der Waals surface area contributed by atoms with Gasteiger partial charge in [-0.2, -0.15) is 0 Å². The molecule has 1 N–H and O–H groups in total. The van der Waals surface area contributed by atoms with Gasteiger partial charge in [-0.3, -0.25) is 9.59 Å². The summed E-state index contributed by atoms with van der Waals surface area (Å²) in [6.45, 7) is 7.82. The molecule has 0 spiro atoms. The Morgan fingerprint density at radius 3 is 2.77 bits per heavy atom. The Balaban J connectivity index is 1.92. The lowest BCUT2D eigenvalue weighted by Gasteiger charge is -2.27. The van der Waals surface area contributed by atoms with Gasteiger partial charge in [0.2, 0.25) is 0 Å². The quantitative estimate of drug-likeness (QED) is 0.871. The predicted molar refractivity (Wildman–Crippen MR) is 95.4 cm³/mol. The third-order valence-corrected chi connectivity index (χ3v) is 4.47. The van der Waals surface area contributed by atoms with Crippen LogP contribution in [0.2, 0.25) is 0 Å². The molecule has 0 saturated heterocycles. The Morgan fingerprint density at radius 1 is 1.35 bits per heavy atom. The zero-order chi connectivity index (χ0) is 19.1. The van der Waals surface area contributed by atoms with Crippen LogP contribution in [0.15, 0.2) is 22.6 Å². The fraction of sp³-hybridized carbons (Fsp3) is 0.400. The lowest BCUT2D eigenvalue weighted by molar-refractivity contribution is 0.0898. The van der Waals surface area contributed by atoms with Crippen molar-refractivity contribution in [2.24, 2.45) is 5.41 Å². The first kappa shape index (κ1) is 18.2. The van der Waals surface area contributed by atoms with Crippen molar-refractivity contribution >= 4 is 17.4 Å². The molecule has 1 aliphatic carbocycles. The van der Waals surface area contributed by atoms with Crippen LogP contribution < -0.4 is 10.1 Å². The molecule has 1 aromatic heterocycles. The van der Waals surface area contributed by atoms with Crippen LogP contribution in [-0.2, 0) is 6.42 Å². The molecule has 138 valence electrons. The lowest BCUT2D eigenvalue weighted by atomic mass is 9.76. The first-order valence-corrected chi connectivity index (χ1v) is 8.61. The Hall–Kier alpha value is -2.63. The minimum Gasteiger partial charge on any atom is -0.492 e. The summed E-state index contributed by atoms with van der Waals surface area (Å²) in [6.07, 6.45) is 1.02. The highest BCUT2D eigenvalue weighted by Gasteiger charge is 2.37. The number of halogens is 1. The number of benzene rings is 1. The van der Waals surface area contributed by atoms with Gasteiger partial charge in [-0.1, -0.05) is 13.8 Å². The molecule has 1 heterocycles. The molecule has 6 heteroatoms. The number of carbonyl (C=O) groups excluding carboxylic acids is 2. The van der Waals surface area contributed by atoms with Gasteiger partial charge >= 0.3 is 0 Å². The molecule has 2 aromatic rings. The second kappa shape index (κ2) is 6.59. The van der Waals surface area contributed by atoms with E-state index in [1.165, 1.54) is 18.2 Å². The molecular formula is C20H22FNO4. The molecule has 0 aliphatic heterocycles. The number of ketones is 1. The van der Waals surface area contributed by atoms with Crippen molar-refractivity contribution in [3.05, 3.63) is 46.7 Å². The first-order chi connectivity index (χ1) is 12.2. The normalized spacial score (nSPS) is 15.5. The van der Waals surface area contributed by atoms with Crippen molar-refractivity contribution in [3.8, 4) is 5.75 Å². The van der Waals surface area contributed by atoms with Crippen LogP contribution in [0.5, 0.6) is 5.75 Å². The van der Waals surface area contributed by atoms with Crippen molar-refractivity contribution in [2.45, 2.75) is 40.5 Å². The maximum atomic E-state index is 13.4. The summed E-state index contributed by atoms with van der Waals surface area (Å²) in [5, 5.41) is 2.69. The molecule has 26 heavy (non-hydrogen) atoms. The van der Waals surface area contributed by atoms with Crippen molar-refractivity contribution < 1.29 is 23.1 Å². The summed E-state index contributed by atoms with van der Waals surface area (Å²) < 4.78 is 24.5. The monoisotopic (exact) mass is 359 g/mol. The SMILES string of the molecule is CCOc1cc(F)ccc1NC(=O)c1oc2c(c1C)C(=O)CC(C)(C)C2. The topological polar surface area (TPSA) is 68.5 Å². The molecule has 5 nitrogen and oxygen atoms in total. The molecule has 0 fully saturated rings. The van der Waals surface area contributed by atoms with Gasteiger partial charge in [-0.25, -0.2) is 4.39 Å². The highest BCUT2D eigenvalue weighted by molar-refractivity contribution is 6.08. The number of nitrogens with one attached hydrogen (secondary N) is 1. The zero-order valence-electron chi connectivity index (χ0n) is 15.4. The van der Waals surface area contributed by atoms with Crippen LogP contribution in [0, 0.1) is 18.2 Å². The average molecular weight is 359 g/mol. The van der Waals surface area contributed by atoms with Crippen molar-refractivity contribution in [3.63, 3.8) is 0 Å². The third kappa shape index (κ3) is 3.36. The van der Waals surface area contributed by atoms with E-state index in [0.29, 0.717) is 42.0 Å². The fourth-order valence-electron chi connectivity index (χ4n) is 3.35. The number of rotatable bonds is 4. The second-order valence-corrected chi connectivity index (χ2v) is 7.32. The van der Waals surface area contributed by atoms with Crippen LogP contribution in [-0.4, -0.2) is 18.3 Å². The third-order valence-electron chi connectivity index (χ3n) is 4.47. The molecule has 0 bridgehead atoms. The number of Topliss-reactive ketones (excluding diaryl/α,β-unsaturated/α-hetero) is 1. The Bertz CT molecular complexity index is 882. The minimum absolute atomic E-state index is 0.00617. The average Bonchev–Trinajstić information content (AvgIpc) is 2.85. The lowest BCUT2D eigenvalue weighted by Crippen LogP contribution is -2.26. The van der Waals surface area contributed by atoms with E-state index >= 15 is 0 Å². The summed E-state index contributed by atoms with van der Waals surface area (Å²) in [5.41, 5.74) is 1.21. The molecule has 0 radical (unpaired) electrons. The molecule has 1 aromatic carbocycles. The van der Waals surface area contributed by atoms with E-state index in [1.807, 2.05) is 13.8 Å². The number of hydrogen-bond donors (Lipinski definition) is 1. The van der Waals surface area contributed by atoms with Gasteiger partial charge in [0.1, 0.15) is 17.3 Å². The van der Waals surface area contributed by atoms with Gasteiger partial charge in [0.05, 0.1) is 17.9 Å². The number of furan rings is 1. The van der Waals surface area contributed by atoms with Gasteiger partial charge in [-0.05, 0) is 31.4 Å². The number of carbonyl (C=O) groups is 2. The molecule has 0 unspecified atom stereocenters. The molecule has 1 aliphatic rings. The van der Waals surface area contributed by atoms with Gasteiger partial charge in [-0.15, -0.1) is 0 Å². The van der Waals surface area contributed by atoms with Crippen molar-refractivity contribution in [2.75, 3.05) is 11.9 Å². The molecule has 0 atom stereocenters. The standard InChI is InChI=1S/C20H22FNO4/c1-5-25-15-8-12(21)6-7-13(15)22-19(24)18-11(2)17-14(23)9-20(3,4)10-16(17)26-18/h6-8H,5,9-10H2,1-4H3,(H,22,24). The van der Waals surface area contributed by atoms with Gasteiger partial charge in [0.15, 0.2) is 11.5 Å².